The molecule has 1 unspecified atom stereocenters. The van der Waals surface area contributed by atoms with Crippen molar-refractivity contribution in [1.82, 2.24) is 4.90 Å². The van der Waals surface area contributed by atoms with E-state index in [-0.39, 0.29) is 17.4 Å². The third-order valence-corrected chi connectivity index (χ3v) is 6.92. The summed E-state index contributed by atoms with van der Waals surface area (Å²) in [5.41, 5.74) is 1.52. The average Bonchev–Trinajstić information content (AvgIpc) is 3.14. The number of methoxy groups -OCH3 is 1. The molecule has 1 aliphatic heterocycles. The fourth-order valence-corrected chi connectivity index (χ4v) is 5.28. The van der Waals surface area contributed by atoms with E-state index in [0.29, 0.717) is 11.3 Å². The number of aliphatic hydroxyl groups is 1. The summed E-state index contributed by atoms with van der Waals surface area (Å²) in [5.74, 6) is -0.567. The molecule has 1 saturated carbocycles. The maximum atomic E-state index is 13.4. The Morgan fingerprint density at radius 3 is 2.33 bits per heavy atom. The molecule has 1 amide bonds. The Morgan fingerprint density at radius 1 is 0.909 bits per heavy atom. The van der Waals surface area contributed by atoms with Crippen molar-refractivity contribution >= 4 is 28.2 Å². The molecular weight excluding hydrogens is 414 g/mol. The fraction of sp³-hybridized carbons (Fsp3) is 0.286. The third kappa shape index (κ3) is 3.67. The highest BCUT2D eigenvalue weighted by Gasteiger charge is 2.48. The number of carbonyl (C=O) groups is 2. The van der Waals surface area contributed by atoms with Gasteiger partial charge in [0, 0.05) is 11.6 Å². The average molecular weight is 442 g/mol. The van der Waals surface area contributed by atoms with Gasteiger partial charge < -0.3 is 14.7 Å². The molecule has 5 nitrogen and oxygen atoms in total. The summed E-state index contributed by atoms with van der Waals surface area (Å²) in [7, 11) is 1.60. The van der Waals surface area contributed by atoms with Crippen LogP contribution in [0.2, 0.25) is 0 Å². The zero-order chi connectivity index (χ0) is 22.9. The minimum absolute atomic E-state index is 0.0138. The number of ether oxygens (including phenoxy) is 1. The van der Waals surface area contributed by atoms with Crippen molar-refractivity contribution in [2.24, 2.45) is 0 Å². The largest absolute Gasteiger partial charge is 0.507 e. The zero-order valence-corrected chi connectivity index (χ0v) is 18.7. The Kier molecular flexibility index (Phi) is 5.63. The monoisotopic (exact) mass is 441 g/mol. The Morgan fingerprint density at radius 2 is 1.61 bits per heavy atom. The third-order valence-electron chi connectivity index (χ3n) is 6.92. The van der Waals surface area contributed by atoms with Crippen molar-refractivity contribution in [2.45, 2.75) is 44.2 Å². The molecule has 2 fully saturated rings. The molecule has 1 heterocycles. The molecule has 0 radical (unpaired) electrons. The summed E-state index contributed by atoms with van der Waals surface area (Å²) >= 11 is 0. The van der Waals surface area contributed by atoms with Gasteiger partial charge in [-0.3, -0.25) is 9.59 Å². The molecule has 3 aromatic carbocycles. The van der Waals surface area contributed by atoms with Crippen molar-refractivity contribution < 1.29 is 19.4 Å². The first-order valence-electron chi connectivity index (χ1n) is 11.5. The molecule has 168 valence electrons. The number of hydrogen-bond donors (Lipinski definition) is 1. The Hall–Kier alpha value is -3.60. The predicted octanol–water partition coefficient (Wildman–Crippen LogP) is 5.60. The van der Waals surface area contributed by atoms with Crippen LogP contribution < -0.4 is 4.74 Å². The fourth-order valence-electron chi connectivity index (χ4n) is 5.28. The molecule has 1 aliphatic carbocycles. The molecular formula is C28H27NO4. The van der Waals surface area contributed by atoms with Gasteiger partial charge in [-0.2, -0.15) is 0 Å². The van der Waals surface area contributed by atoms with Crippen LogP contribution in [0.15, 0.2) is 72.3 Å². The van der Waals surface area contributed by atoms with Crippen molar-refractivity contribution in [3.05, 3.63) is 83.4 Å². The number of aliphatic hydroxyl groups excluding tert-OH is 1. The lowest BCUT2D eigenvalue weighted by molar-refractivity contribution is -0.141. The van der Waals surface area contributed by atoms with Crippen molar-refractivity contribution in [3.8, 4) is 5.75 Å². The second-order valence-corrected chi connectivity index (χ2v) is 8.80. The molecule has 0 spiro atoms. The lowest BCUT2D eigenvalue weighted by Gasteiger charge is -2.35. The van der Waals surface area contributed by atoms with Gasteiger partial charge in [0.15, 0.2) is 0 Å². The summed E-state index contributed by atoms with van der Waals surface area (Å²) < 4.78 is 5.30. The summed E-state index contributed by atoms with van der Waals surface area (Å²) in [6.07, 6.45) is 4.95. The predicted molar refractivity (Wildman–Crippen MR) is 128 cm³/mol. The van der Waals surface area contributed by atoms with Gasteiger partial charge >= 0.3 is 0 Å². The maximum absolute atomic E-state index is 13.4. The molecule has 3 aromatic rings. The van der Waals surface area contributed by atoms with E-state index in [1.54, 1.807) is 18.1 Å². The number of rotatable bonds is 4. The van der Waals surface area contributed by atoms with Gasteiger partial charge in [0.05, 0.1) is 18.7 Å². The minimum atomic E-state index is -0.627. The zero-order valence-electron chi connectivity index (χ0n) is 18.7. The van der Waals surface area contributed by atoms with Crippen LogP contribution in [0.1, 0.15) is 49.3 Å². The second-order valence-electron chi connectivity index (χ2n) is 8.80. The van der Waals surface area contributed by atoms with E-state index in [1.165, 1.54) is 0 Å². The highest BCUT2D eigenvalue weighted by Crippen LogP contribution is 2.44. The van der Waals surface area contributed by atoms with E-state index in [1.807, 2.05) is 60.7 Å². The molecule has 1 atom stereocenters. The van der Waals surface area contributed by atoms with Crippen LogP contribution in [-0.4, -0.2) is 34.8 Å². The van der Waals surface area contributed by atoms with Gasteiger partial charge in [0.2, 0.25) is 0 Å². The van der Waals surface area contributed by atoms with Crippen LogP contribution in [0.5, 0.6) is 5.75 Å². The standard InChI is InChI=1S/C28H27NO4/c1-33-21-16-14-19(15-17-21)25-24(27(31)28(32)29(25)20-10-3-2-4-11-20)26(30)23-13-7-9-18-8-5-6-12-22(18)23/h5-9,12-17,20,25,30H,2-4,10-11H2,1H3/b26-24-. The van der Waals surface area contributed by atoms with Crippen LogP contribution >= 0.6 is 0 Å². The number of Topliss-reactive ketones (excluding diaryl/α,β-unsaturated/α-hetero) is 1. The second kappa shape index (κ2) is 8.74. The topological polar surface area (TPSA) is 66.8 Å². The number of fused-ring (bicyclic) bond motifs is 1. The molecule has 5 heteroatoms. The van der Waals surface area contributed by atoms with E-state index >= 15 is 0 Å². The SMILES string of the molecule is COc1ccc(C2/C(=C(/O)c3cccc4ccccc34)C(=O)C(=O)N2C2CCCCC2)cc1. The molecule has 2 aliphatic rings. The summed E-state index contributed by atoms with van der Waals surface area (Å²) in [6, 6.07) is 20.1. The maximum Gasteiger partial charge on any atom is 0.295 e. The van der Waals surface area contributed by atoms with Crippen LogP contribution in [-0.2, 0) is 9.59 Å². The van der Waals surface area contributed by atoms with E-state index in [4.69, 9.17) is 4.74 Å². The Labute approximate surface area is 193 Å². The Bertz CT molecular complexity index is 1230. The van der Waals surface area contributed by atoms with Gasteiger partial charge in [-0.25, -0.2) is 0 Å². The quantitative estimate of drug-likeness (QED) is 0.325. The smallest absolute Gasteiger partial charge is 0.295 e. The van der Waals surface area contributed by atoms with Crippen molar-refractivity contribution in [3.63, 3.8) is 0 Å². The summed E-state index contributed by atoms with van der Waals surface area (Å²) in [6.45, 7) is 0. The first-order chi connectivity index (χ1) is 16.1. The molecule has 1 N–H and O–H groups in total. The van der Waals surface area contributed by atoms with E-state index in [9.17, 15) is 14.7 Å². The number of benzene rings is 3. The van der Waals surface area contributed by atoms with E-state index in [0.717, 1.165) is 48.4 Å². The molecule has 0 bridgehead atoms. The highest BCUT2D eigenvalue weighted by atomic mass is 16.5. The molecule has 33 heavy (non-hydrogen) atoms. The number of carbonyl (C=O) groups excluding carboxylic acids is 2. The van der Waals surface area contributed by atoms with Gasteiger partial charge in [-0.05, 0) is 41.3 Å². The Balaban J connectivity index is 1.70. The molecule has 0 aromatic heterocycles. The lowest BCUT2D eigenvalue weighted by Crippen LogP contribution is -2.40. The van der Waals surface area contributed by atoms with E-state index in [2.05, 4.69) is 0 Å². The van der Waals surface area contributed by atoms with Crippen LogP contribution in [0, 0.1) is 0 Å². The van der Waals surface area contributed by atoms with Crippen molar-refractivity contribution in [2.75, 3.05) is 7.11 Å². The van der Waals surface area contributed by atoms with Crippen LogP contribution in [0.3, 0.4) is 0 Å². The normalized spacial score (nSPS) is 21.0. The number of nitrogens with zero attached hydrogens (tertiary/aromatic N) is 1. The van der Waals surface area contributed by atoms with Crippen LogP contribution in [0.25, 0.3) is 16.5 Å². The molecule has 5 rings (SSSR count). The summed E-state index contributed by atoms with van der Waals surface area (Å²) in [5, 5.41) is 13.3. The van der Waals surface area contributed by atoms with E-state index < -0.39 is 17.7 Å². The number of ketones is 1. The van der Waals surface area contributed by atoms with Gasteiger partial charge in [-0.1, -0.05) is 73.9 Å². The number of hydrogen-bond acceptors (Lipinski definition) is 4. The minimum Gasteiger partial charge on any atom is -0.507 e. The lowest BCUT2D eigenvalue weighted by atomic mass is 9.90. The van der Waals surface area contributed by atoms with Gasteiger partial charge in [0.25, 0.3) is 11.7 Å². The number of amides is 1. The van der Waals surface area contributed by atoms with Crippen molar-refractivity contribution in [1.29, 1.82) is 0 Å². The summed E-state index contributed by atoms with van der Waals surface area (Å²) in [4.78, 5) is 28.4. The highest BCUT2D eigenvalue weighted by molar-refractivity contribution is 6.46. The first-order valence-corrected chi connectivity index (χ1v) is 11.5. The first kappa shape index (κ1) is 21.3. The molecule has 1 saturated heterocycles. The number of likely N-dealkylation sites (tertiary alicyclic amines) is 1. The van der Waals surface area contributed by atoms with Gasteiger partial charge in [-0.15, -0.1) is 0 Å². The van der Waals surface area contributed by atoms with Crippen LogP contribution in [0.4, 0.5) is 0 Å². The van der Waals surface area contributed by atoms with Gasteiger partial charge in [0.1, 0.15) is 11.5 Å².